The third kappa shape index (κ3) is 10.7. The standard InChI is InChI=1S/C3H8N2S.BrH/c1-2-6-5-3-4;/h3H,2H2,1H3,(H2,4,5);1H. The van der Waals surface area contributed by atoms with Crippen molar-refractivity contribution in [3.63, 3.8) is 0 Å². The van der Waals surface area contributed by atoms with Crippen LogP contribution in [0.1, 0.15) is 6.92 Å². The molecule has 0 aromatic heterocycles. The van der Waals surface area contributed by atoms with E-state index in [4.69, 9.17) is 5.73 Å². The van der Waals surface area contributed by atoms with Crippen LogP contribution < -0.4 is 5.73 Å². The van der Waals surface area contributed by atoms with Crippen molar-refractivity contribution in [2.45, 2.75) is 6.92 Å². The van der Waals surface area contributed by atoms with Gasteiger partial charge in [0.2, 0.25) is 0 Å². The van der Waals surface area contributed by atoms with Crippen molar-refractivity contribution in [3.8, 4) is 0 Å². The molecule has 0 aromatic carbocycles. The van der Waals surface area contributed by atoms with Gasteiger partial charge in [0.15, 0.2) is 0 Å². The molecule has 0 atom stereocenters. The van der Waals surface area contributed by atoms with Crippen LogP contribution in [-0.4, -0.2) is 12.1 Å². The summed E-state index contributed by atoms with van der Waals surface area (Å²) in [4.78, 5) is 0. The van der Waals surface area contributed by atoms with Gasteiger partial charge in [0.05, 0.1) is 6.34 Å². The van der Waals surface area contributed by atoms with Crippen molar-refractivity contribution in [3.05, 3.63) is 0 Å². The number of hydrogen-bond acceptors (Lipinski definition) is 2. The molecule has 0 radical (unpaired) electrons. The lowest BCUT2D eigenvalue weighted by Crippen LogP contribution is -1.84. The third-order valence-electron chi connectivity index (χ3n) is 0.264. The predicted molar refractivity (Wildman–Crippen MR) is 41.1 cm³/mol. The third-order valence-corrected chi connectivity index (χ3v) is 0.793. The molecule has 0 aromatic rings. The maximum absolute atomic E-state index is 4.90. The Hall–Kier alpha value is 0.300. The molecule has 0 bridgehead atoms. The summed E-state index contributed by atoms with van der Waals surface area (Å²) in [5.41, 5.74) is 4.90. The predicted octanol–water partition coefficient (Wildman–Crippen LogP) is 1.22. The Morgan fingerprint density at radius 3 is 2.57 bits per heavy atom. The van der Waals surface area contributed by atoms with Crippen molar-refractivity contribution < 1.29 is 0 Å². The summed E-state index contributed by atoms with van der Waals surface area (Å²) in [5.74, 6) is 0.994. The quantitative estimate of drug-likeness (QED) is 0.399. The minimum atomic E-state index is 0. The molecule has 2 nitrogen and oxygen atoms in total. The second-order valence-electron chi connectivity index (χ2n) is 0.672. The molecule has 0 rings (SSSR count). The molecule has 0 saturated carbocycles. The van der Waals surface area contributed by atoms with Crippen molar-refractivity contribution in [2.24, 2.45) is 10.1 Å². The molecule has 0 saturated heterocycles. The SMILES string of the molecule is Br.CCSN=CN. The van der Waals surface area contributed by atoms with Gasteiger partial charge in [-0.25, -0.2) is 4.40 Å². The highest BCUT2D eigenvalue weighted by Crippen LogP contribution is 1.95. The van der Waals surface area contributed by atoms with Crippen molar-refractivity contribution in [1.29, 1.82) is 0 Å². The lowest BCUT2D eigenvalue weighted by molar-refractivity contribution is 1.52. The van der Waals surface area contributed by atoms with Gasteiger partial charge in [-0.2, -0.15) is 0 Å². The summed E-state index contributed by atoms with van der Waals surface area (Å²) in [5, 5.41) is 0. The molecule has 0 aliphatic rings. The number of halogens is 1. The van der Waals surface area contributed by atoms with Crippen molar-refractivity contribution in [1.82, 2.24) is 0 Å². The van der Waals surface area contributed by atoms with Gasteiger partial charge in [-0.3, -0.25) is 0 Å². The first-order valence-corrected chi connectivity index (χ1v) is 2.71. The van der Waals surface area contributed by atoms with Crippen LogP contribution in [-0.2, 0) is 0 Å². The fourth-order valence-corrected chi connectivity index (χ4v) is 0.353. The highest BCUT2D eigenvalue weighted by Gasteiger charge is 1.65. The average Bonchev–Trinajstić information content (AvgIpc) is 1.61. The maximum atomic E-state index is 4.90. The zero-order valence-corrected chi connectivity index (χ0v) is 6.66. The van der Waals surface area contributed by atoms with E-state index >= 15 is 0 Å². The van der Waals surface area contributed by atoms with Gasteiger partial charge in [-0.1, -0.05) is 6.92 Å². The van der Waals surface area contributed by atoms with Crippen LogP contribution in [0.5, 0.6) is 0 Å². The van der Waals surface area contributed by atoms with E-state index in [1.54, 1.807) is 0 Å². The molecule has 44 valence electrons. The summed E-state index contributed by atoms with van der Waals surface area (Å²) in [6.45, 7) is 2.03. The van der Waals surface area contributed by atoms with E-state index in [9.17, 15) is 0 Å². The van der Waals surface area contributed by atoms with Crippen molar-refractivity contribution in [2.75, 3.05) is 5.75 Å². The van der Waals surface area contributed by atoms with E-state index in [2.05, 4.69) is 4.40 Å². The van der Waals surface area contributed by atoms with Crippen LogP contribution in [0.4, 0.5) is 0 Å². The van der Waals surface area contributed by atoms with E-state index in [-0.39, 0.29) is 17.0 Å². The highest BCUT2D eigenvalue weighted by atomic mass is 79.9. The Labute approximate surface area is 58.5 Å². The molecular formula is C3H9BrN2S. The molecule has 0 fully saturated rings. The van der Waals surface area contributed by atoms with Gasteiger partial charge in [0.25, 0.3) is 0 Å². The van der Waals surface area contributed by atoms with Gasteiger partial charge in [0, 0.05) is 5.75 Å². The normalized spacial score (nSPS) is 8.71. The summed E-state index contributed by atoms with van der Waals surface area (Å²) in [6, 6.07) is 0. The zero-order chi connectivity index (χ0) is 4.83. The summed E-state index contributed by atoms with van der Waals surface area (Å²) >= 11 is 1.45. The summed E-state index contributed by atoms with van der Waals surface area (Å²) in [7, 11) is 0. The molecular weight excluding hydrogens is 176 g/mol. The van der Waals surface area contributed by atoms with E-state index in [0.29, 0.717) is 0 Å². The zero-order valence-electron chi connectivity index (χ0n) is 4.13. The van der Waals surface area contributed by atoms with Crippen LogP contribution in [0.15, 0.2) is 4.40 Å². The Morgan fingerprint density at radius 2 is 2.43 bits per heavy atom. The molecule has 0 aliphatic carbocycles. The topological polar surface area (TPSA) is 38.4 Å². The monoisotopic (exact) mass is 184 g/mol. The largest absolute Gasteiger partial charge is 0.389 e. The molecule has 0 aliphatic heterocycles. The van der Waals surface area contributed by atoms with Crippen LogP contribution in [0.25, 0.3) is 0 Å². The number of rotatable bonds is 2. The van der Waals surface area contributed by atoms with Gasteiger partial charge >= 0.3 is 0 Å². The first kappa shape index (κ1) is 10.3. The molecule has 0 unspecified atom stereocenters. The van der Waals surface area contributed by atoms with Crippen LogP contribution in [0.3, 0.4) is 0 Å². The Bertz CT molecular complexity index is 48.2. The number of nitrogens with two attached hydrogens (primary N) is 1. The maximum Gasteiger partial charge on any atom is 0.0937 e. The van der Waals surface area contributed by atoms with Crippen LogP contribution in [0, 0.1) is 0 Å². The Morgan fingerprint density at radius 1 is 1.86 bits per heavy atom. The van der Waals surface area contributed by atoms with E-state index in [1.165, 1.54) is 18.3 Å². The highest BCUT2D eigenvalue weighted by molar-refractivity contribution is 8.93. The minimum absolute atomic E-state index is 0. The Kier molecular flexibility index (Phi) is 14.1. The molecule has 4 heteroatoms. The van der Waals surface area contributed by atoms with E-state index in [0.717, 1.165) is 5.75 Å². The minimum Gasteiger partial charge on any atom is -0.389 e. The molecule has 0 amide bonds. The van der Waals surface area contributed by atoms with E-state index < -0.39 is 0 Å². The van der Waals surface area contributed by atoms with E-state index in [1.807, 2.05) is 6.92 Å². The number of hydrogen-bond donors (Lipinski definition) is 1. The van der Waals surface area contributed by atoms with Gasteiger partial charge < -0.3 is 5.73 Å². The molecule has 2 N–H and O–H groups in total. The first-order chi connectivity index (χ1) is 2.91. The fraction of sp³-hybridized carbons (Fsp3) is 0.667. The second kappa shape index (κ2) is 9.57. The second-order valence-corrected chi connectivity index (χ2v) is 1.72. The van der Waals surface area contributed by atoms with Gasteiger partial charge in [-0.05, 0) is 11.9 Å². The lowest BCUT2D eigenvalue weighted by Gasteiger charge is -1.76. The van der Waals surface area contributed by atoms with Crippen molar-refractivity contribution >= 4 is 35.3 Å². The summed E-state index contributed by atoms with van der Waals surface area (Å²) in [6.07, 6.45) is 1.30. The smallest absolute Gasteiger partial charge is 0.0937 e. The Balaban J connectivity index is 0. The summed E-state index contributed by atoms with van der Waals surface area (Å²) < 4.78 is 3.66. The van der Waals surface area contributed by atoms with Crippen LogP contribution >= 0.6 is 28.9 Å². The fourth-order valence-electron chi connectivity index (χ4n) is 0.118. The first-order valence-electron chi connectivity index (χ1n) is 1.77. The molecule has 0 heterocycles. The molecule has 0 spiro atoms. The van der Waals surface area contributed by atoms with Gasteiger partial charge in [-0.15, -0.1) is 17.0 Å². The number of nitrogens with zero attached hydrogens (tertiary/aromatic N) is 1. The molecule has 7 heavy (non-hydrogen) atoms. The lowest BCUT2D eigenvalue weighted by atomic mass is 11.0. The average molecular weight is 185 g/mol. The van der Waals surface area contributed by atoms with Gasteiger partial charge in [0.1, 0.15) is 0 Å². The van der Waals surface area contributed by atoms with Crippen LogP contribution in [0.2, 0.25) is 0 Å².